The van der Waals surface area contributed by atoms with Gasteiger partial charge in [-0.05, 0) is 0 Å². The highest BCUT2D eigenvalue weighted by atomic mass is 32.2. The van der Waals surface area contributed by atoms with Crippen molar-refractivity contribution in [1.29, 1.82) is 0 Å². The smallest absolute Gasteiger partial charge is 0.186 e. The lowest BCUT2D eigenvalue weighted by Gasteiger charge is -1.90. The molecule has 0 bridgehead atoms. The third kappa shape index (κ3) is 2.76. The molecule has 3 nitrogen and oxygen atoms in total. The number of aryl methyl sites for hydroxylation is 1. The number of hydrogen-bond acceptors (Lipinski definition) is 3. The first kappa shape index (κ1) is 8.33. The van der Waals surface area contributed by atoms with E-state index < -0.39 is 0 Å². The van der Waals surface area contributed by atoms with Gasteiger partial charge in [0.1, 0.15) is 0 Å². The zero-order valence-electron chi connectivity index (χ0n) is 6.57. The van der Waals surface area contributed by atoms with Gasteiger partial charge in [-0.1, -0.05) is 11.8 Å². The average molecular weight is 170 g/mol. The van der Waals surface area contributed by atoms with Crippen LogP contribution in [0.25, 0.3) is 0 Å². The molecular weight excluding hydrogens is 160 g/mol. The van der Waals surface area contributed by atoms with E-state index in [1.54, 1.807) is 13.3 Å². The second-order valence-corrected chi connectivity index (χ2v) is 3.46. The fourth-order valence-corrected chi connectivity index (χ4v) is 1.22. The van der Waals surface area contributed by atoms with Crippen LogP contribution in [-0.2, 0) is 17.6 Å². The topological polar surface area (TPSA) is 34.9 Å². The van der Waals surface area contributed by atoms with Crippen LogP contribution in [0.2, 0.25) is 0 Å². The Bertz CT molecular complexity index is 257. The molecule has 0 aliphatic rings. The maximum absolute atomic E-state index is 10.6. The average Bonchev–Trinajstić information content (AvgIpc) is 2.31. The number of carbonyl (C=O) groups is 1. The van der Waals surface area contributed by atoms with Crippen molar-refractivity contribution in [2.24, 2.45) is 7.05 Å². The van der Waals surface area contributed by atoms with Gasteiger partial charge in [0.25, 0.3) is 0 Å². The molecule has 4 heteroatoms. The number of nitrogens with zero attached hydrogens (tertiary/aromatic N) is 2. The van der Waals surface area contributed by atoms with Gasteiger partial charge in [0.2, 0.25) is 0 Å². The van der Waals surface area contributed by atoms with Gasteiger partial charge >= 0.3 is 0 Å². The lowest BCUT2D eigenvalue weighted by atomic mass is 10.6. The lowest BCUT2D eigenvalue weighted by molar-refractivity contribution is -0.109. The summed E-state index contributed by atoms with van der Waals surface area (Å²) >= 11 is 1.28. The molecule has 11 heavy (non-hydrogen) atoms. The molecule has 0 radical (unpaired) electrons. The molecule has 0 saturated heterocycles. The second-order valence-electron chi connectivity index (χ2n) is 2.31. The Morgan fingerprint density at radius 3 is 3.00 bits per heavy atom. The zero-order chi connectivity index (χ0) is 8.27. The fourth-order valence-electron chi connectivity index (χ4n) is 0.717. The van der Waals surface area contributed by atoms with Crippen molar-refractivity contribution in [3.63, 3.8) is 0 Å². The van der Waals surface area contributed by atoms with Crippen molar-refractivity contribution in [3.05, 3.63) is 18.2 Å². The number of imidazole rings is 1. The Labute approximate surface area is 69.8 Å². The summed E-state index contributed by atoms with van der Waals surface area (Å²) in [6, 6.07) is 0. The van der Waals surface area contributed by atoms with Gasteiger partial charge < -0.3 is 4.57 Å². The van der Waals surface area contributed by atoms with Crippen LogP contribution in [-0.4, -0.2) is 14.7 Å². The quantitative estimate of drug-likeness (QED) is 0.669. The van der Waals surface area contributed by atoms with Crippen molar-refractivity contribution in [2.45, 2.75) is 12.7 Å². The molecule has 0 aliphatic heterocycles. The van der Waals surface area contributed by atoms with Gasteiger partial charge in [-0.15, -0.1) is 0 Å². The van der Waals surface area contributed by atoms with Crippen LogP contribution >= 0.6 is 11.8 Å². The maximum atomic E-state index is 10.6. The summed E-state index contributed by atoms with van der Waals surface area (Å²) in [5.41, 5.74) is 0.952. The van der Waals surface area contributed by atoms with E-state index >= 15 is 0 Å². The predicted molar refractivity (Wildman–Crippen MR) is 45.2 cm³/mol. The van der Waals surface area contributed by atoms with Crippen molar-refractivity contribution in [3.8, 4) is 0 Å². The van der Waals surface area contributed by atoms with Crippen molar-refractivity contribution >= 4 is 16.9 Å². The summed E-state index contributed by atoms with van der Waals surface area (Å²) in [5, 5.41) is 0.135. The van der Waals surface area contributed by atoms with Gasteiger partial charge in [-0.25, -0.2) is 4.98 Å². The molecule has 0 atom stereocenters. The van der Waals surface area contributed by atoms with Crippen LogP contribution < -0.4 is 0 Å². The normalized spacial score (nSPS) is 10.0. The molecule has 1 aromatic heterocycles. The zero-order valence-corrected chi connectivity index (χ0v) is 7.39. The molecule has 0 aliphatic carbocycles. The summed E-state index contributed by atoms with van der Waals surface area (Å²) in [4.78, 5) is 14.6. The lowest BCUT2D eigenvalue weighted by Crippen LogP contribution is -1.85. The van der Waals surface area contributed by atoms with Gasteiger partial charge in [0.05, 0.1) is 12.0 Å². The number of aromatic nitrogens is 2. The molecule has 1 aromatic rings. The highest BCUT2D eigenvalue weighted by Crippen LogP contribution is 2.09. The first-order valence-corrected chi connectivity index (χ1v) is 4.27. The molecule has 0 saturated carbocycles. The minimum absolute atomic E-state index is 0.135. The van der Waals surface area contributed by atoms with Crippen molar-refractivity contribution in [2.75, 3.05) is 0 Å². The predicted octanol–water partition coefficient (Wildman–Crippen LogP) is 1.20. The summed E-state index contributed by atoms with van der Waals surface area (Å²) in [6.07, 6.45) is 3.64. The summed E-state index contributed by atoms with van der Waals surface area (Å²) in [6.45, 7) is 1.56. The summed E-state index contributed by atoms with van der Waals surface area (Å²) in [5.74, 6) is 0.677. The molecule has 0 unspecified atom stereocenters. The molecule has 1 heterocycles. The van der Waals surface area contributed by atoms with Crippen LogP contribution in [0.3, 0.4) is 0 Å². The molecule has 1 rings (SSSR count). The van der Waals surface area contributed by atoms with E-state index in [0.717, 1.165) is 5.69 Å². The Morgan fingerprint density at radius 2 is 2.55 bits per heavy atom. The molecule has 0 aromatic carbocycles. The van der Waals surface area contributed by atoms with Crippen LogP contribution in [0.1, 0.15) is 12.6 Å². The molecule has 0 N–H and O–H groups in total. The second kappa shape index (κ2) is 3.57. The van der Waals surface area contributed by atoms with E-state index in [1.165, 1.54) is 11.8 Å². The molecule has 0 amide bonds. The van der Waals surface area contributed by atoms with E-state index in [2.05, 4.69) is 4.98 Å². The third-order valence-electron chi connectivity index (χ3n) is 1.18. The molecular formula is C7H10N2OS. The van der Waals surface area contributed by atoms with Gasteiger partial charge in [0.15, 0.2) is 5.12 Å². The number of thioether (sulfide) groups is 1. The number of carbonyl (C=O) groups excluding carboxylic acids is 1. The molecule has 0 fully saturated rings. The fraction of sp³-hybridized carbons (Fsp3) is 0.429. The first-order valence-electron chi connectivity index (χ1n) is 3.28. The minimum atomic E-state index is 0.135. The van der Waals surface area contributed by atoms with Crippen molar-refractivity contribution in [1.82, 2.24) is 9.55 Å². The largest absolute Gasteiger partial charge is 0.340 e. The molecule has 60 valence electrons. The maximum Gasteiger partial charge on any atom is 0.186 e. The summed E-state index contributed by atoms with van der Waals surface area (Å²) < 4.78 is 1.87. The highest BCUT2D eigenvalue weighted by Gasteiger charge is 1.98. The Morgan fingerprint density at radius 1 is 1.82 bits per heavy atom. The van der Waals surface area contributed by atoms with E-state index in [9.17, 15) is 4.79 Å². The SMILES string of the molecule is CC(=O)SCc1cn(C)cn1. The highest BCUT2D eigenvalue weighted by molar-refractivity contribution is 8.12. The van der Waals surface area contributed by atoms with Gasteiger partial charge in [0, 0.05) is 25.9 Å². The van der Waals surface area contributed by atoms with Crippen LogP contribution in [0.4, 0.5) is 0 Å². The first-order chi connectivity index (χ1) is 5.18. The van der Waals surface area contributed by atoms with E-state index in [0.29, 0.717) is 5.75 Å². The van der Waals surface area contributed by atoms with Gasteiger partial charge in [-0.2, -0.15) is 0 Å². The van der Waals surface area contributed by atoms with Crippen LogP contribution in [0, 0.1) is 0 Å². The van der Waals surface area contributed by atoms with Crippen molar-refractivity contribution < 1.29 is 4.79 Å². The standard InChI is InChI=1S/C7H10N2OS/c1-6(10)11-4-7-3-9(2)5-8-7/h3,5H,4H2,1-2H3. The van der Waals surface area contributed by atoms with E-state index in [1.807, 2.05) is 17.8 Å². The monoisotopic (exact) mass is 170 g/mol. The van der Waals surface area contributed by atoms with Gasteiger partial charge in [-0.3, -0.25) is 4.79 Å². The minimum Gasteiger partial charge on any atom is -0.340 e. The Balaban J connectivity index is 2.45. The Kier molecular flexibility index (Phi) is 2.70. The van der Waals surface area contributed by atoms with Crippen LogP contribution in [0.5, 0.6) is 0 Å². The van der Waals surface area contributed by atoms with Crippen LogP contribution in [0.15, 0.2) is 12.5 Å². The molecule has 0 spiro atoms. The third-order valence-corrected chi connectivity index (χ3v) is 2.03. The Hall–Kier alpha value is -0.770. The van der Waals surface area contributed by atoms with E-state index in [-0.39, 0.29) is 5.12 Å². The number of hydrogen-bond donors (Lipinski definition) is 0. The number of rotatable bonds is 2. The van der Waals surface area contributed by atoms with E-state index in [4.69, 9.17) is 0 Å². The summed E-state index contributed by atoms with van der Waals surface area (Å²) in [7, 11) is 1.91.